The molecule has 20 heavy (non-hydrogen) atoms. The molecule has 4 heteroatoms. The maximum Gasteiger partial charge on any atom is 0.148 e. The Hall–Kier alpha value is -1.54. The largest absolute Gasteiger partial charge is 0.481 e. The molecule has 0 saturated carbocycles. The van der Waals surface area contributed by atoms with Gasteiger partial charge in [-0.15, -0.1) is 6.42 Å². The number of rotatable bonds is 5. The summed E-state index contributed by atoms with van der Waals surface area (Å²) in [6, 6.07) is 8.31. The summed E-state index contributed by atoms with van der Waals surface area (Å²) in [5, 5.41) is 9.20. The third kappa shape index (κ3) is 3.97. The van der Waals surface area contributed by atoms with E-state index in [1.807, 2.05) is 24.3 Å². The topological polar surface area (TPSA) is 41.9 Å². The minimum Gasteiger partial charge on any atom is -0.481 e. The molecule has 0 spiro atoms. The molecule has 1 fully saturated rings. The molecule has 1 aromatic rings. The Labute approximate surface area is 120 Å². The highest BCUT2D eigenvalue weighted by atomic mass is 16.5. The molecule has 1 saturated heterocycles. The second kappa shape index (κ2) is 7.30. The maximum absolute atomic E-state index is 9.20. The van der Waals surface area contributed by atoms with E-state index in [-0.39, 0.29) is 19.3 Å². The average molecular weight is 275 g/mol. The molecule has 1 aliphatic rings. The summed E-state index contributed by atoms with van der Waals surface area (Å²) >= 11 is 0. The van der Waals surface area contributed by atoms with E-state index in [9.17, 15) is 5.11 Å². The molecule has 2 rings (SSSR count). The lowest BCUT2D eigenvalue weighted by Gasteiger charge is -2.37. The Morgan fingerprint density at radius 3 is 2.85 bits per heavy atom. The summed E-state index contributed by atoms with van der Waals surface area (Å²) in [5.74, 6) is 3.23. The van der Waals surface area contributed by atoms with Gasteiger partial charge >= 0.3 is 0 Å². The van der Waals surface area contributed by atoms with Crippen LogP contribution in [0.4, 0.5) is 0 Å². The molecule has 108 valence electrons. The molecule has 0 aromatic heterocycles. The Kier molecular flexibility index (Phi) is 5.42. The quantitative estimate of drug-likeness (QED) is 0.822. The van der Waals surface area contributed by atoms with Gasteiger partial charge in [0.15, 0.2) is 0 Å². The number of hydrogen-bond donors (Lipinski definition) is 1. The van der Waals surface area contributed by atoms with Crippen molar-refractivity contribution in [2.24, 2.45) is 0 Å². The Morgan fingerprint density at radius 2 is 2.20 bits per heavy atom. The molecule has 2 atom stereocenters. The van der Waals surface area contributed by atoms with Crippen molar-refractivity contribution in [2.45, 2.75) is 25.6 Å². The molecule has 1 heterocycles. The Balaban J connectivity index is 1.93. The third-order valence-electron chi connectivity index (χ3n) is 3.47. The van der Waals surface area contributed by atoms with Crippen LogP contribution in [0.1, 0.15) is 12.5 Å². The van der Waals surface area contributed by atoms with Crippen LogP contribution in [-0.2, 0) is 11.3 Å². The molecular weight excluding hydrogens is 254 g/mol. The van der Waals surface area contributed by atoms with Gasteiger partial charge in [0.1, 0.15) is 12.4 Å². The predicted molar refractivity (Wildman–Crippen MR) is 77.5 cm³/mol. The van der Waals surface area contributed by atoms with Gasteiger partial charge in [-0.1, -0.05) is 18.1 Å². The summed E-state index contributed by atoms with van der Waals surface area (Å²) in [6.07, 6.45) is 5.08. The fourth-order valence-corrected chi connectivity index (χ4v) is 2.26. The van der Waals surface area contributed by atoms with E-state index in [0.29, 0.717) is 12.6 Å². The number of terminal acetylenes is 1. The number of morpholine rings is 1. The Bertz CT molecular complexity index is 452. The zero-order valence-corrected chi connectivity index (χ0v) is 11.8. The standard InChI is InChI=1S/C16H21NO3/c1-3-8-19-15-6-4-14(5-7-15)9-17-10-16(11-18)20-12-13(17)2/h1,4-7,13,16,18H,8-12H2,2H3. The minimum atomic E-state index is -0.0792. The number of benzene rings is 1. The lowest BCUT2D eigenvalue weighted by molar-refractivity contribution is -0.0805. The van der Waals surface area contributed by atoms with E-state index < -0.39 is 0 Å². The van der Waals surface area contributed by atoms with E-state index in [2.05, 4.69) is 17.7 Å². The maximum atomic E-state index is 9.20. The molecule has 0 bridgehead atoms. The summed E-state index contributed by atoms with van der Waals surface area (Å²) in [5.41, 5.74) is 1.21. The van der Waals surface area contributed by atoms with Crippen LogP contribution in [0.5, 0.6) is 5.75 Å². The van der Waals surface area contributed by atoms with Crippen molar-refractivity contribution in [3.05, 3.63) is 29.8 Å². The van der Waals surface area contributed by atoms with Crippen molar-refractivity contribution < 1.29 is 14.6 Å². The SMILES string of the molecule is C#CCOc1ccc(CN2CC(CO)OCC2C)cc1. The molecular formula is C16H21NO3. The van der Waals surface area contributed by atoms with Crippen LogP contribution in [-0.4, -0.2) is 48.5 Å². The number of ether oxygens (including phenoxy) is 2. The zero-order chi connectivity index (χ0) is 14.4. The van der Waals surface area contributed by atoms with Gasteiger partial charge < -0.3 is 14.6 Å². The van der Waals surface area contributed by atoms with Crippen molar-refractivity contribution in [3.8, 4) is 18.1 Å². The van der Waals surface area contributed by atoms with Gasteiger partial charge in [-0.25, -0.2) is 0 Å². The van der Waals surface area contributed by atoms with Gasteiger partial charge in [0.05, 0.1) is 19.3 Å². The summed E-state index contributed by atoms with van der Waals surface area (Å²) in [6.45, 7) is 4.76. The number of aliphatic hydroxyl groups excluding tert-OH is 1. The molecule has 0 amide bonds. The van der Waals surface area contributed by atoms with Crippen molar-refractivity contribution in [2.75, 3.05) is 26.4 Å². The van der Waals surface area contributed by atoms with E-state index in [0.717, 1.165) is 18.8 Å². The number of hydrogen-bond acceptors (Lipinski definition) is 4. The molecule has 0 aliphatic carbocycles. The lowest BCUT2D eigenvalue weighted by Crippen LogP contribution is -2.48. The predicted octanol–water partition coefficient (Wildman–Crippen LogP) is 1.28. The highest BCUT2D eigenvalue weighted by Gasteiger charge is 2.25. The first-order chi connectivity index (χ1) is 9.72. The van der Waals surface area contributed by atoms with Gasteiger partial charge in [0.2, 0.25) is 0 Å². The van der Waals surface area contributed by atoms with Crippen molar-refractivity contribution in [3.63, 3.8) is 0 Å². The van der Waals surface area contributed by atoms with E-state index in [1.165, 1.54) is 5.56 Å². The number of nitrogens with zero attached hydrogens (tertiary/aromatic N) is 1. The van der Waals surface area contributed by atoms with Gasteiger partial charge in [-0.3, -0.25) is 4.90 Å². The van der Waals surface area contributed by atoms with Crippen molar-refractivity contribution in [1.29, 1.82) is 0 Å². The number of aliphatic hydroxyl groups is 1. The fourth-order valence-electron chi connectivity index (χ4n) is 2.26. The van der Waals surface area contributed by atoms with E-state index in [1.54, 1.807) is 0 Å². The monoisotopic (exact) mass is 275 g/mol. The van der Waals surface area contributed by atoms with Gasteiger partial charge in [-0.2, -0.15) is 0 Å². The second-order valence-corrected chi connectivity index (χ2v) is 5.05. The molecule has 2 unspecified atom stereocenters. The normalized spacial score (nSPS) is 23.2. The molecule has 4 nitrogen and oxygen atoms in total. The average Bonchev–Trinajstić information content (AvgIpc) is 2.49. The molecule has 0 radical (unpaired) electrons. The van der Waals surface area contributed by atoms with Gasteiger partial charge in [0, 0.05) is 19.1 Å². The highest BCUT2D eigenvalue weighted by molar-refractivity contribution is 5.27. The van der Waals surface area contributed by atoms with Gasteiger partial charge in [0.25, 0.3) is 0 Å². The fraction of sp³-hybridized carbons (Fsp3) is 0.500. The summed E-state index contributed by atoms with van der Waals surface area (Å²) in [4.78, 5) is 2.32. The molecule has 1 aromatic carbocycles. The first-order valence-corrected chi connectivity index (χ1v) is 6.84. The van der Waals surface area contributed by atoms with Crippen LogP contribution < -0.4 is 4.74 Å². The van der Waals surface area contributed by atoms with Crippen LogP contribution in [0, 0.1) is 12.3 Å². The third-order valence-corrected chi connectivity index (χ3v) is 3.47. The molecule has 1 aliphatic heterocycles. The van der Waals surface area contributed by atoms with Crippen LogP contribution >= 0.6 is 0 Å². The second-order valence-electron chi connectivity index (χ2n) is 5.05. The first kappa shape index (κ1) is 14.9. The van der Waals surface area contributed by atoms with E-state index >= 15 is 0 Å². The first-order valence-electron chi connectivity index (χ1n) is 6.84. The minimum absolute atomic E-state index is 0.0715. The van der Waals surface area contributed by atoms with Gasteiger partial charge in [-0.05, 0) is 24.6 Å². The van der Waals surface area contributed by atoms with Crippen LogP contribution in [0.2, 0.25) is 0 Å². The smallest absolute Gasteiger partial charge is 0.148 e. The zero-order valence-electron chi connectivity index (χ0n) is 11.8. The van der Waals surface area contributed by atoms with Crippen LogP contribution in [0.15, 0.2) is 24.3 Å². The molecule has 1 N–H and O–H groups in total. The van der Waals surface area contributed by atoms with E-state index in [4.69, 9.17) is 15.9 Å². The van der Waals surface area contributed by atoms with Crippen LogP contribution in [0.3, 0.4) is 0 Å². The summed E-state index contributed by atoms with van der Waals surface area (Å²) < 4.78 is 10.9. The van der Waals surface area contributed by atoms with Crippen molar-refractivity contribution in [1.82, 2.24) is 4.90 Å². The Morgan fingerprint density at radius 1 is 1.45 bits per heavy atom. The van der Waals surface area contributed by atoms with Crippen molar-refractivity contribution >= 4 is 0 Å². The lowest BCUT2D eigenvalue weighted by atomic mass is 10.1. The summed E-state index contributed by atoms with van der Waals surface area (Å²) in [7, 11) is 0. The van der Waals surface area contributed by atoms with Crippen LogP contribution in [0.25, 0.3) is 0 Å². The highest BCUT2D eigenvalue weighted by Crippen LogP contribution is 2.18.